The van der Waals surface area contributed by atoms with E-state index in [1.54, 1.807) is 0 Å². The number of hydrogen-bond donors (Lipinski definition) is 2. The number of ether oxygens (including phenoxy) is 1. The standard InChI is InChI=1S/C27H37N5O.HI/c1-6-28-27(30-20(2)15-26-21(3)31-32(5)22(26)4)29-17-24-13-10-14-25(16-24)19-33-18-23-11-8-7-9-12-23;/h7-14,16,20H,6,15,17-19H2,1-5H3,(H2,28,29,30);1H. The zero-order chi connectivity index (χ0) is 23.6. The molecular formula is C27H38IN5O. The number of aliphatic imine (C=N–C) groups is 1. The number of aromatic nitrogens is 2. The number of hydrogen-bond acceptors (Lipinski definition) is 3. The highest BCUT2D eigenvalue weighted by Crippen LogP contribution is 2.14. The Morgan fingerprint density at radius 3 is 2.38 bits per heavy atom. The van der Waals surface area contributed by atoms with E-state index in [1.807, 2.05) is 29.9 Å². The first-order valence-electron chi connectivity index (χ1n) is 11.7. The van der Waals surface area contributed by atoms with Gasteiger partial charge in [0, 0.05) is 25.3 Å². The van der Waals surface area contributed by atoms with Crippen molar-refractivity contribution in [2.45, 2.75) is 59.9 Å². The number of rotatable bonds is 10. The molecule has 0 fully saturated rings. The molecule has 0 aliphatic rings. The SMILES string of the molecule is CCNC(=NCc1cccc(COCc2ccccc2)c1)NC(C)Cc1c(C)nn(C)c1C.I. The minimum atomic E-state index is 0. The molecule has 0 amide bonds. The van der Waals surface area contributed by atoms with Crippen LogP contribution in [0, 0.1) is 13.8 Å². The van der Waals surface area contributed by atoms with Gasteiger partial charge in [-0.1, -0.05) is 54.6 Å². The van der Waals surface area contributed by atoms with Crippen molar-refractivity contribution in [3.05, 3.63) is 88.2 Å². The van der Waals surface area contributed by atoms with Crippen LogP contribution in [0.15, 0.2) is 59.6 Å². The van der Waals surface area contributed by atoms with E-state index in [2.05, 4.69) is 79.8 Å². The second kappa shape index (κ2) is 14.1. The summed E-state index contributed by atoms with van der Waals surface area (Å²) in [7, 11) is 2.00. The Morgan fingerprint density at radius 2 is 1.71 bits per heavy atom. The summed E-state index contributed by atoms with van der Waals surface area (Å²) in [6.07, 6.45) is 0.907. The van der Waals surface area contributed by atoms with Gasteiger partial charge in [0.25, 0.3) is 0 Å². The van der Waals surface area contributed by atoms with Crippen molar-refractivity contribution in [1.29, 1.82) is 0 Å². The normalized spacial score (nSPS) is 12.2. The van der Waals surface area contributed by atoms with Crippen LogP contribution < -0.4 is 10.6 Å². The fraction of sp³-hybridized carbons (Fsp3) is 0.407. The first-order valence-corrected chi connectivity index (χ1v) is 11.7. The molecule has 7 heteroatoms. The fourth-order valence-electron chi connectivity index (χ4n) is 3.87. The molecule has 2 aromatic carbocycles. The van der Waals surface area contributed by atoms with Crippen LogP contribution in [-0.2, 0) is 38.0 Å². The monoisotopic (exact) mass is 575 g/mol. The Morgan fingerprint density at radius 1 is 1.03 bits per heavy atom. The smallest absolute Gasteiger partial charge is 0.191 e. The lowest BCUT2D eigenvalue weighted by Crippen LogP contribution is -2.43. The van der Waals surface area contributed by atoms with Gasteiger partial charge in [-0.05, 0) is 56.4 Å². The Balaban J connectivity index is 0.00000408. The molecule has 1 atom stereocenters. The lowest BCUT2D eigenvalue weighted by Gasteiger charge is -2.18. The number of nitrogens with one attached hydrogen (secondary N) is 2. The Hall–Kier alpha value is -2.39. The van der Waals surface area contributed by atoms with Gasteiger partial charge in [-0.2, -0.15) is 5.10 Å². The van der Waals surface area contributed by atoms with Crippen molar-refractivity contribution in [1.82, 2.24) is 20.4 Å². The van der Waals surface area contributed by atoms with E-state index in [4.69, 9.17) is 9.73 Å². The molecule has 0 saturated heterocycles. The van der Waals surface area contributed by atoms with Crippen LogP contribution in [0.4, 0.5) is 0 Å². The summed E-state index contributed by atoms with van der Waals surface area (Å²) in [6, 6.07) is 18.9. The van der Waals surface area contributed by atoms with Crippen LogP contribution in [-0.4, -0.2) is 28.3 Å². The molecule has 1 aromatic heterocycles. The maximum absolute atomic E-state index is 5.89. The van der Waals surface area contributed by atoms with Crippen molar-refractivity contribution in [3.63, 3.8) is 0 Å². The summed E-state index contributed by atoms with van der Waals surface area (Å²) >= 11 is 0. The minimum Gasteiger partial charge on any atom is -0.372 e. The van der Waals surface area contributed by atoms with Crippen LogP contribution in [0.25, 0.3) is 0 Å². The van der Waals surface area contributed by atoms with E-state index in [-0.39, 0.29) is 30.0 Å². The zero-order valence-electron chi connectivity index (χ0n) is 21.0. The molecule has 6 nitrogen and oxygen atoms in total. The third-order valence-electron chi connectivity index (χ3n) is 5.69. The number of aryl methyl sites for hydroxylation is 2. The highest BCUT2D eigenvalue weighted by Gasteiger charge is 2.14. The second-order valence-electron chi connectivity index (χ2n) is 8.52. The third-order valence-corrected chi connectivity index (χ3v) is 5.69. The predicted molar refractivity (Wildman–Crippen MR) is 151 cm³/mol. The molecule has 34 heavy (non-hydrogen) atoms. The summed E-state index contributed by atoms with van der Waals surface area (Å²) in [4.78, 5) is 4.82. The van der Waals surface area contributed by atoms with E-state index in [1.165, 1.54) is 22.4 Å². The minimum absolute atomic E-state index is 0. The van der Waals surface area contributed by atoms with Crippen molar-refractivity contribution in [3.8, 4) is 0 Å². The lowest BCUT2D eigenvalue weighted by atomic mass is 10.1. The lowest BCUT2D eigenvalue weighted by molar-refractivity contribution is 0.107. The van der Waals surface area contributed by atoms with E-state index >= 15 is 0 Å². The first-order chi connectivity index (χ1) is 16.0. The van der Waals surface area contributed by atoms with E-state index in [0.717, 1.165) is 30.2 Å². The molecule has 184 valence electrons. The average Bonchev–Trinajstić information content (AvgIpc) is 3.04. The summed E-state index contributed by atoms with van der Waals surface area (Å²) in [5.74, 6) is 0.829. The van der Waals surface area contributed by atoms with Crippen molar-refractivity contribution >= 4 is 29.9 Å². The molecule has 0 aliphatic heterocycles. The quantitative estimate of drug-likeness (QED) is 0.202. The zero-order valence-corrected chi connectivity index (χ0v) is 23.3. The first kappa shape index (κ1) is 27.9. The van der Waals surface area contributed by atoms with Crippen LogP contribution in [0.5, 0.6) is 0 Å². The molecule has 1 heterocycles. The molecule has 3 aromatic rings. The van der Waals surface area contributed by atoms with Crippen LogP contribution >= 0.6 is 24.0 Å². The van der Waals surface area contributed by atoms with Gasteiger partial charge in [-0.15, -0.1) is 24.0 Å². The van der Waals surface area contributed by atoms with Crippen LogP contribution in [0.2, 0.25) is 0 Å². The van der Waals surface area contributed by atoms with Crippen LogP contribution in [0.3, 0.4) is 0 Å². The summed E-state index contributed by atoms with van der Waals surface area (Å²) in [5, 5.41) is 11.4. The van der Waals surface area contributed by atoms with Gasteiger partial charge in [0.2, 0.25) is 0 Å². The Bertz CT molecular complexity index is 1050. The molecule has 1 unspecified atom stereocenters. The van der Waals surface area contributed by atoms with Gasteiger partial charge in [-0.3, -0.25) is 4.68 Å². The highest BCUT2D eigenvalue weighted by atomic mass is 127. The molecule has 0 spiro atoms. The Kier molecular flexibility index (Phi) is 11.6. The summed E-state index contributed by atoms with van der Waals surface area (Å²) in [6.45, 7) is 11.1. The topological polar surface area (TPSA) is 63.5 Å². The molecule has 3 rings (SSSR count). The van der Waals surface area contributed by atoms with Crippen LogP contribution in [0.1, 0.15) is 47.5 Å². The maximum Gasteiger partial charge on any atom is 0.191 e. The van der Waals surface area contributed by atoms with Gasteiger partial charge >= 0.3 is 0 Å². The highest BCUT2D eigenvalue weighted by molar-refractivity contribution is 14.0. The van der Waals surface area contributed by atoms with Gasteiger partial charge in [0.1, 0.15) is 0 Å². The number of guanidine groups is 1. The number of benzene rings is 2. The van der Waals surface area contributed by atoms with Gasteiger partial charge in [0.05, 0.1) is 25.5 Å². The predicted octanol–water partition coefficient (Wildman–Crippen LogP) is 5.06. The van der Waals surface area contributed by atoms with Crippen molar-refractivity contribution in [2.24, 2.45) is 12.0 Å². The number of nitrogens with zero attached hydrogens (tertiary/aromatic N) is 3. The second-order valence-corrected chi connectivity index (χ2v) is 8.52. The Labute approximate surface area is 221 Å². The van der Waals surface area contributed by atoms with E-state index < -0.39 is 0 Å². The third kappa shape index (κ3) is 8.43. The fourth-order valence-corrected chi connectivity index (χ4v) is 3.87. The molecule has 2 N–H and O–H groups in total. The van der Waals surface area contributed by atoms with Crippen molar-refractivity contribution < 1.29 is 4.74 Å². The maximum atomic E-state index is 5.89. The average molecular weight is 576 g/mol. The van der Waals surface area contributed by atoms with Crippen molar-refractivity contribution in [2.75, 3.05) is 6.54 Å². The van der Waals surface area contributed by atoms with E-state index in [0.29, 0.717) is 19.8 Å². The van der Waals surface area contributed by atoms with Gasteiger partial charge in [-0.25, -0.2) is 4.99 Å². The van der Waals surface area contributed by atoms with E-state index in [9.17, 15) is 0 Å². The van der Waals surface area contributed by atoms with Gasteiger partial charge < -0.3 is 15.4 Å². The molecule has 0 radical (unpaired) electrons. The number of halogens is 1. The molecular weight excluding hydrogens is 537 g/mol. The molecule has 0 saturated carbocycles. The van der Waals surface area contributed by atoms with Gasteiger partial charge in [0.15, 0.2) is 5.96 Å². The summed E-state index contributed by atoms with van der Waals surface area (Å²) < 4.78 is 7.84. The molecule has 0 bridgehead atoms. The largest absolute Gasteiger partial charge is 0.372 e. The summed E-state index contributed by atoms with van der Waals surface area (Å²) in [5.41, 5.74) is 7.13. The molecule has 0 aliphatic carbocycles.